The molecule has 0 saturated carbocycles. The molecule has 0 bridgehead atoms. The Labute approximate surface area is 130 Å². The van der Waals surface area contributed by atoms with E-state index in [9.17, 15) is 0 Å². The molecule has 0 radical (unpaired) electrons. The van der Waals surface area contributed by atoms with E-state index >= 15 is 0 Å². The molecule has 0 spiro atoms. The van der Waals surface area contributed by atoms with Gasteiger partial charge >= 0.3 is 0 Å². The molecule has 1 aromatic carbocycles. The van der Waals surface area contributed by atoms with Gasteiger partial charge in [-0.25, -0.2) is 0 Å². The molecule has 1 atom stereocenters. The molecule has 3 nitrogen and oxygen atoms in total. The third-order valence-electron chi connectivity index (χ3n) is 3.35. The minimum Gasteiger partial charge on any atom is -0.490 e. The molecule has 0 aliphatic heterocycles. The van der Waals surface area contributed by atoms with Gasteiger partial charge in [-0.1, -0.05) is 26.3 Å². The molecule has 0 saturated heterocycles. The normalized spacial score (nSPS) is 13.0. The molecule has 1 unspecified atom stereocenters. The third kappa shape index (κ3) is 6.85. The fourth-order valence-electron chi connectivity index (χ4n) is 1.77. The summed E-state index contributed by atoms with van der Waals surface area (Å²) < 4.78 is 11.6. The van der Waals surface area contributed by atoms with Gasteiger partial charge < -0.3 is 14.8 Å². The van der Waals surface area contributed by atoms with Crippen molar-refractivity contribution in [1.82, 2.24) is 5.32 Å². The highest BCUT2D eigenvalue weighted by Crippen LogP contribution is 2.29. The fourth-order valence-corrected chi connectivity index (χ4v) is 1.77. The van der Waals surface area contributed by atoms with Crippen LogP contribution in [0.3, 0.4) is 0 Å². The van der Waals surface area contributed by atoms with Crippen LogP contribution in [0.15, 0.2) is 18.2 Å². The number of benzene rings is 1. The Bertz CT molecular complexity index is 424. The minimum absolute atomic E-state index is 0.109. The maximum absolute atomic E-state index is 5.90. The molecule has 1 aromatic rings. The van der Waals surface area contributed by atoms with Gasteiger partial charge in [-0.15, -0.1) is 0 Å². The molecule has 0 aromatic heterocycles. The Morgan fingerprint density at radius 2 is 1.81 bits per heavy atom. The molecule has 120 valence electrons. The summed E-state index contributed by atoms with van der Waals surface area (Å²) in [6.07, 6.45) is 1.12. The topological polar surface area (TPSA) is 30.5 Å². The van der Waals surface area contributed by atoms with Crippen LogP contribution in [0.4, 0.5) is 0 Å². The highest BCUT2D eigenvalue weighted by atomic mass is 16.5. The van der Waals surface area contributed by atoms with Crippen molar-refractivity contribution in [1.29, 1.82) is 0 Å². The lowest BCUT2D eigenvalue weighted by Crippen LogP contribution is -2.35. The van der Waals surface area contributed by atoms with Crippen LogP contribution in [-0.4, -0.2) is 18.8 Å². The zero-order valence-corrected chi connectivity index (χ0v) is 14.5. The number of hydrogen-bond acceptors (Lipinski definition) is 3. The summed E-state index contributed by atoms with van der Waals surface area (Å²) in [6, 6.07) is 6.20. The monoisotopic (exact) mass is 293 g/mol. The number of rotatable bonds is 8. The summed E-state index contributed by atoms with van der Waals surface area (Å²) >= 11 is 0. The van der Waals surface area contributed by atoms with E-state index in [4.69, 9.17) is 9.47 Å². The largest absolute Gasteiger partial charge is 0.490 e. The quantitative estimate of drug-likeness (QED) is 0.770. The van der Waals surface area contributed by atoms with Crippen LogP contribution in [0.1, 0.15) is 53.5 Å². The van der Waals surface area contributed by atoms with Gasteiger partial charge in [0.05, 0.1) is 13.2 Å². The van der Waals surface area contributed by atoms with Gasteiger partial charge in [-0.05, 0) is 51.3 Å². The average molecular weight is 293 g/mol. The van der Waals surface area contributed by atoms with Crippen LogP contribution < -0.4 is 14.8 Å². The van der Waals surface area contributed by atoms with Crippen LogP contribution in [0.2, 0.25) is 0 Å². The van der Waals surface area contributed by atoms with Crippen LogP contribution in [0.5, 0.6) is 11.5 Å². The lowest BCUT2D eigenvalue weighted by atomic mass is 10.1. The predicted octanol–water partition coefficient (Wildman–Crippen LogP) is 4.40. The van der Waals surface area contributed by atoms with E-state index in [-0.39, 0.29) is 5.54 Å². The predicted molar refractivity (Wildman–Crippen MR) is 89.2 cm³/mol. The first-order valence-corrected chi connectivity index (χ1v) is 7.99. The van der Waals surface area contributed by atoms with Crippen LogP contribution in [0.25, 0.3) is 0 Å². The molecule has 21 heavy (non-hydrogen) atoms. The number of hydrogen-bond donors (Lipinski definition) is 1. The van der Waals surface area contributed by atoms with Crippen molar-refractivity contribution in [3.63, 3.8) is 0 Å². The van der Waals surface area contributed by atoms with Crippen LogP contribution in [0, 0.1) is 5.92 Å². The summed E-state index contributed by atoms with van der Waals surface area (Å²) in [5.41, 5.74) is 1.32. The second kappa shape index (κ2) is 8.28. The van der Waals surface area contributed by atoms with Crippen molar-refractivity contribution in [3.05, 3.63) is 23.8 Å². The maximum atomic E-state index is 5.90. The van der Waals surface area contributed by atoms with Gasteiger partial charge in [0.2, 0.25) is 0 Å². The van der Waals surface area contributed by atoms with Crippen molar-refractivity contribution in [2.75, 3.05) is 13.2 Å². The van der Waals surface area contributed by atoms with Gasteiger partial charge in [-0.3, -0.25) is 0 Å². The van der Waals surface area contributed by atoms with E-state index < -0.39 is 0 Å². The van der Waals surface area contributed by atoms with Gasteiger partial charge in [0.1, 0.15) is 0 Å². The van der Waals surface area contributed by atoms with Gasteiger partial charge in [0.25, 0.3) is 0 Å². The maximum Gasteiger partial charge on any atom is 0.161 e. The molecule has 0 aliphatic rings. The Hall–Kier alpha value is -1.22. The van der Waals surface area contributed by atoms with Crippen molar-refractivity contribution < 1.29 is 9.47 Å². The fraction of sp³-hybridized carbons (Fsp3) is 0.667. The SMILES string of the molecule is CCOc1cc(CNC(C)(C)C)ccc1OCC(C)CC. The summed E-state index contributed by atoms with van der Waals surface area (Å²) in [7, 11) is 0. The highest BCUT2D eigenvalue weighted by Gasteiger charge is 2.11. The summed E-state index contributed by atoms with van der Waals surface area (Å²) in [6.45, 7) is 15.1. The lowest BCUT2D eigenvalue weighted by Gasteiger charge is -2.21. The first-order chi connectivity index (χ1) is 9.85. The smallest absolute Gasteiger partial charge is 0.161 e. The molecule has 3 heteroatoms. The van der Waals surface area contributed by atoms with Gasteiger partial charge in [-0.2, -0.15) is 0 Å². The Balaban J connectivity index is 2.76. The van der Waals surface area contributed by atoms with Gasteiger partial charge in [0.15, 0.2) is 11.5 Å². The van der Waals surface area contributed by atoms with E-state index in [1.807, 2.05) is 13.0 Å². The molecular formula is C18H31NO2. The number of nitrogens with one attached hydrogen (secondary N) is 1. The zero-order chi connectivity index (χ0) is 15.9. The standard InChI is InChI=1S/C18H31NO2/c1-7-14(3)13-21-16-10-9-15(11-17(16)20-8-2)12-19-18(4,5)6/h9-11,14,19H,7-8,12-13H2,1-6H3. The van der Waals surface area contributed by atoms with Crippen LogP contribution in [-0.2, 0) is 6.54 Å². The van der Waals surface area contributed by atoms with E-state index in [0.717, 1.165) is 31.1 Å². The molecule has 0 aliphatic carbocycles. The van der Waals surface area contributed by atoms with Crippen LogP contribution >= 0.6 is 0 Å². The second-order valence-corrected chi connectivity index (χ2v) is 6.64. The van der Waals surface area contributed by atoms with Crippen molar-refractivity contribution in [2.45, 2.75) is 60.0 Å². The Morgan fingerprint density at radius 3 is 2.38 bits per heavy atom. The van der Waals surface area contributed by atoms with Crippen molar-refractivity contribution >= 4 is 0 Å². The van der Waals surface area contributed by atoms with E-state index in [1.165, 1.54) is 5.56 Å². The highest BCUT2D eigenvalue weighted by molar-refractivity contribution is 5.43. The molecule has 1 rings (SSSR count). The Morgan fingerprint density at radius 1 is 1.10 bits per heavy atom. The first kappa shape index (κ1) is 17.8. The molecule has 0 heterocycles. The second-order valence-electron chi connectivity index (χ2n) is 6.64. The summed E-state index contributed by atoms with van der Waals surface area (Å²) in [5.74, 6) is 2.24. The molecule has 1 N–H and O–H groups in total. The lowest BCUT2D eigenvalue weighted by molar-refractivity contribution is 0.237. The molecule has 0 amide bonds. The minimum atomic E-state index is 0.109. The van der Waals surface area contributed by atoms with E-state index in [2.05, 4.69) is 52.1 Å². The Kier molecular flexibility index (Phi) is 7.03. The van der Waals surface area contributed by atoms with E-state index in [0.29, 0.717) is 12.5 Å². The van der Waals surface area contributed by atoms with E-state index in [1.54, 1.807) is 0 Å². The number of ether oxygens (including phenoxy) is 2. The molecular weight excluding hydrogens is 262 g/mol. The van der Waals surface area contributed by atoms with Crippen molar-refractivity contribution in [3.8, 4) is 11.5 Å². The first-order valence-electron chi connectivity index (χ1n) is 7.99. The average Bonchev–Trinajstić information content (AvgIpc) is 2.43. The van der Waals surface area contributed by atoms with Gasteiger partial charge in [0, 0.05) is 12.1 Å². The van der Waals surface area contributed by atoms with Crippen molar-refractivity contribution in [2.24, 2.45) is 5.92 Å². The summed E-state index contributed by atoms with van der Waals surface area (Å²) in [4.78, 5) is 0. The molecule has 0 fully saturated rings. The third-order valence-corrected chi connectivity index (χ3v) is 3.35. The summed E-state index contributed by atoms with van der Waals surface area (Å²) in [5, 5.41) is 3.49. The zero-order valence-electron chi connectivity index (χ0n) is 14.5.